The van der Waals surface area contributed by atoms with Crippen molar-refractivity contribution in [2.45, 2.75) is 96.4 Å². The van der Waals surface area contributed by atoms with E-state index in [1.807, 2.05) is 19.0 Å². The highest BCUT2D eigenvalue weighted by molar-refractivity contribution is 5.67. The van der Waals surface area contributed by atoms with Crippen LogP contribution in [0.5, 0.6) is 0 Å². The molecule has 0 aliphatic rings. The van der Waals surface area contributed by atoms with Crippen molar-refractivity contribution in [3.63, 3.8) is 0 Å². The van der Waals surface area contributed by atoms with Crippen LogP contribution in [0.1, 0.15) is 90.4 Å². The van der Waals surface area contributed by atoms with Gasteiger partial charge in [-0.1, -0.05) is 77.6 Å². The molecule has 0 saturated heterocycles. The van der Waals surface area contributed by atoms with Crippen molar-refractivity contribution in [2.75, 3.05) is 14.1 Å². The molecule has 0 heterocycles. The quantitative estimate of drug-likeness (QED) is 0.428. The molecule has 126 valence electrons. The van der Waals surface area contributed by atoms with Gasteiger partial charge >= 0.3 is 5.97 Å². The molecule has 0 aliphatic heterocycles. The van der Waals surface area contributed by atoms with Gasteiger partial charge in [0.1, 0.15) is 0 Å². The van der Waals surface area contributed by atoms with E-state index < -0.39 is 5.97 Å². The second kappa shape index (κ2) is 14.4. The van der Waals surface area contributed by atoms with Gasteiger partial charge in [-0.15, -0.1) is 0 Å². The number of carboxylic acids is 1. The van der Waals surface area contributed by atoms with Gasteiger partial charge in [-0.3, -0.25) is 4.79 Å². The third-order valence-electron chi connectivity index (χ3n) is 4.28. The fourth-order valence-corrected chi connectivity index (χ4v) is 2.79. The molecule has 0 amide bonds. The Morgan fingerprint density at radius 2 is 1.29 bits per heavy atom. The highest BCUT2D eigenvalue weighted by Gasteiger charge is 2.14. The molecule has 0 radical (unpaired) electrons. The Morgan fingerprint density at radius 3 is 1.67 bits per heavy atom. The molecule has 0 spiro atoms. The summed E-state index contributed by atoms with van der Waals surface area (Å²) in [6, 6.07) is 0.195. The summed E-state index contributed by atoms with van der Waals surface area (Å²) in [4.78, 5) is 12.8. The highest BCUT2D eigenvalue weighted by atomic mass is 16.4. The van der Waals surface area contributed by atoms with Gasteiger partial charge in [0.15, 0.2) is 0 Å². The zero-order valence-electron chi connectivity index (χ0n) is 14.6. The third-order valence-corrected chi connectivity index (χ3v) is 4.28. The standard InChI is InChI=1S/C18H37NO2/c1-4-5-6-7-8-9-10-11-12-13-14-15-17(19(2)3)16-18(20)21/h17H,4-16H2,1-3H3,(H,20,21). The van der Waals surface area contributed by atoms with Crippen molar-refractivity contribution >= 4 is 5.97 Å². The molecular weight excluding hydrogens is 262 g/mol. The van der Waals surface area contributed by atoms with Gasteiger partial charge in [0.25, 0.3) is 0 Å². The molecule has 0 fully saturated rings. The van der Waals surface area contributed by atoms with Crippen molar-refractivity contribution in [3.05, 3.63) is 0 Å². The Balaban J connectivity index is 3.36. The fourth-order valence-electron chi connectivity index (χ4n) is 2.79. The predicted molar refractivity (Wildman–Crippen MR) is 90.8 cm³/mol. The Morgan fingerprint density at radius 1 is 0.857 bits per heavy atom. The van der Waals surface area contributed by atoms with Gasteiger partial charge in [0.05, 0.1) is 6.42 Å². The van der Waals surface area contributed by atoms with E-state index in [1.165, 1.54) is 64.2 Å². The molecule has 3 heteroatoms. The fraction of sp³-hybridized carbons (Fsp3) is 0.944. The number of hydrogen-bond donors (Lipinski definition) is 1. The normalized spacial score (nSPS) is 12.8. The van der Waals surface area contributed by atoms with E-state index in [1.54, 1.807) is 0 Å². The van der Waals surface area contributed by atoms with Gasteiger partial charge in [-0.25, -0.2) is 0 Å². The van der Waals surface area contributed by atoms with Gasteiger partial charge in [0, 0.05) is 6.04 Å². The number of aliphatic carboxylic acids is 1. The van der Waals surface area contributed by atoms with Crippen LogP contribution < -0.4 is 0 Å². The zero-order chi connectivity index (χ0) is 15.9. The molecule has 21 heavy (non-hydrogen) atoms. The van der Waals surface area contributed by atoms with Crippen LogP contribution in [0.2, 0.25) is 0 Å². The molecule has 3 nitrogen and oxygen atoms in total. The minimum atomic E-state index is -0.684. The van der Waals surface area contributed by atoms with Crippen LogP contribution >= 0.6 is 0 Å². The summed E-state index contributed by atoms with van der Waals surface area (Å²) in [5.41, 5.74) is 0. The van der Waals surface area contributed by atoms with E-state index in [4.69, 9.17) is 5.11 Å². The first-order valence-electron chi connectivity index (χ1n) is 8.96. The van der Waals surface area contributed by atoms with E-state index >= 15 is 0 Å². The first-order chi connectivity index (χ1) is 10.1. The average molecular weight is 299 g/mol. The lowest BCUT2D eigenvalue weighted by molar-refractivity contribution is -0.138. The number of nitrogens with zero attached hydrogens (tertiary/aromatic N) is 1. The molecular formula is C18H37NO2. The smallest absolute Gasteiger partial charge is 0.304 e. The van der Waals surface area contributed by atoms with Crippen LogP contribution in [0.3, 0.4) is 0 Å². The maximum Gasteiger partial charge on any atom is 0.304 e. The molecule has 0 aromatic carbocycles. The SMILES string of the molecule is CCCCCCCCCCCCCC(CC(=O)O)N(C)C. The second-order valence-corrected chi connectivity index (χ2v) is 6.54. The summed E-state index contributed by atoms with van der Waals surface area (Å²) in [6.07, 6.45) is 16.1. The van der Waals surface area contributed by atoms with E-state index in [2.05, 4.69) is 6.92 Å². The lowest BCUT2D eigenvalue weighted by Gasteiger charge is -2.22. The van der Waals surface area contributed by atoms with Gasteiger partial charge in [-0.05, 0) is 20.5 Å². The van der Waals surface area contributed by atoms with Crippen molar-refractivity contribution in [1.29, 1.82) is 0 Å². The molecule has 1 N–H and O–H groups in total. The number of carbonyl (C=O) groups is 1. The Bertz CT molecular complexity index is 241. The molecule has 0 bridgehead atoms. The van der Waals surface area contributed by atoms with Crippen molar-refractivity contribution in [1.82, 2.24) is 4.90 Å². The first kappa shape index (κ1) is 20.4. The van der Waals surface area contributed by atoms with E-state index in [0.29, 0.717) is 0 Å². The molecule has 0 aliphatic carbocycles. The molecule has 0 saturated carbocycles. The van der Waals surface area contributed by atoms with Crippen molar-refractivity contribution in [3.8, 4) is 0 Å². The van der Waals surface area contributed by atoms with Crippen LogP contribution in [0.25, 0.3) is 0 Å². The van der Waals surface area contributed by atoms with Crippen LogP contribution in [-0.2, 0) is 4.79 Å². The second-order valence-electron chi connectivity index (χ2n) is 6.54. The van der Waals surface area contributed by atoms with Crippen LogP contribution in [-0.4, -0.2) is 36.1 Å². The largest absolute Gasteiger partial charge is 0.481 e. The molecule has 0 rings (SSSR count). The summed E-state index contributed by atoms with van der Waals surface area (Å²) >= 11 is 0. The van der Waals surface area contributed by atoms with Gasteiger partial charge in [-0.2, -0.15) is 0 Å². The summed E-state index contributed by atoms with van der Waals surface area (Å²) in [7, 11) is 3.96. The van der Waals surface area contributed by atoms with Gasteiger partial charge in [0.2, 0.25) is 0 Å². The molecule has 1 atom stereocenters. The third kappa shape index (κ3) is 14.1. The monoisotopic (exact) mass is 299 g/mol. The average Bonchev–Trinajstić information content (AvgIpc) is 2.42. The zero-order valence-corrected chi connectivity index (χ0v) is 14.6. The Labute approximate surface area is 132 Å². The lowest BCUT2D eigenvalue weighted by Crippen LogP contribution is -2.30. The maximum atomic E-state index is 10.8. The van der Waals surface area contributed by atoms with E-state index in [9.17, 15) is 4.79 Å². The Kier molecular flexibility index (Phi) is 14.0. The van der Waals surface area contributed by atoms with Gasteiger partial charge < -0.3 is 10.0 Å². The van der Waals surface area contributed by atoms with Crippen molar-refractivity contribution in [2.24, 2.45) is 0 Å². The summed E-state index contributed by atoms with van der Waals surface area (Å²) in [5, 5.41) is 8.88. The molecule has 0 aromatic rings. The summed E-state index contributed by atoms with van der Waals surface area (Å²) < 4.78 is 0. The lowest BCUT2D eigenvalue weighted by atomic mass is 10.0. The van der Waals surface area contributed by atoms with Crippen molar-refractivity contribution < 1.29 is 9.90 Å². The number of hydrogen-bond acceptors (Lipinski definition) is 2. The van der Waals surface area contributed by atoms with E-state index in [-0.39, 0.29) is 12.5 Å². The summed E-state index contributed by atoms with van der Waals surface area (Å²) in [5.74, 6) is -0.684. The topological polar surface area (TPSA) is 40.5 Å². The van der Waals surface area contributed by atoms with Crippen LogP contribution in [0.15, 0.2) is 0 Å². The highest BCUT2D eigenvalue weighted by Crippen LogP contribution is 2.14. The minimum absolute atomic E-state index is 0.195. The maximum absolute atomic E-state index is 10.8. The Hall–Kier alpha value is -0.570. The number of rotatable bonds is 15. The molecule has 0 aromatic heterocycles. The van der Waals surface area contributed by atoms with Crippen LogP contribution in [0.4, 0.5) is 0 Å². The predicted octanol–water partition coefficient (Wildman–Crippen LogP) is 5.09. The number of carboxylic acid groups (broad SMARTS) is 1. The first-order valence-corrected chi connectivity index (χ1v) is 8.96. The van der Waals surface area contributed by atoms with Crippen LogP contribution in [0, 0.1) is 0 Å². The molecule has 1 unspecified atom stereocenters. The number of unbranched alkanes of at least 4 members (excludes halogenated alkanes) is 10. The summed E-state index contributed by atoms with van der Waals surface area (Å²) in [6.45, 7) is 2.26. The van der Waals surface area contributed by atoms with E-state index in [0.717, 1.165) is 12.8 Å². The minimum Gasteiger partial charge on any atom is -0.481 e.